The highest BCUT2D eigenvalue weighted by molar-refractivity contribution is 7.93. The van der Waals surface area contributed by atoms with E-state index in [0.717, 1.165) is 119 Å². The van der Waals surface area contributed by atoms with Crippen molar-refractivity contribution >= 4 is 80.9 Å². The third-order valence-electron chi connectivity index (χ3n) is 21.9. The normalized spacial score (nSPS) is 15.8. The van der Waals surface area contributed by atoms with E-state index in [1.807, 2.05) is 216 Å². The van der Waals surface area contributed by atoms with Gasteiger partial charge in [-0.2, -0.15) is 3.89 Å². The molecule has 21 nitrogen and oxygen atoms in total. The van der Waals surface area contributed by atoms with E-state index in [0.29, 0.717) is 56.0 Å². The van der Waals surface area contributed by atoms with Crippen LogP contribution in [0.25, 0.3) is 33.1 Å². The molecule has 3 aromatic heterocycles. The minimum atomic E-state index is -0.858. The number of hydrogen-bond acceptors (Lipinski definition) is 13. The fourth-order valence-corrected chi connectivity index (χ4v) is 16.4. The van der Waals surface area contributed by atoms with Gasteiger partial charge in [0.1, 0.15) is 16.6 Å². The van der Waals surface area contributed by atoms with Crippen LogP contribution in [-0.2, 0) is 53.7 Å². The predicted molar refractivity (Wildman–Crippen MR) is 429 cm³/mol. The van der Waals surface area contributed by atoms with E-state index >= 15 is 0 Å². The molecule has 3 aliphatic heterocycles. The number of aryl methyl sites for hydroxylation is 6. The molecule has 0 fully saturated rings. The zero-order valence-electron chi connectivity index (χ0n) is 64.2. The quantitative estimate of drug-likeness (QED) is 0.0721. The van der Waals surface area contributed by atoms with E-state index in [4.69, 9.17) is 0 Å². The summed E-state index contributed by atoms with van der Waals surface area (Å²) >= 11 is 0.250. The van der Waals surface area contributed by atoms with Gasteiger partial charge in [-0.1, -0.05) is 164 Å². The van der Waals surface area contributed by atoms with Crippen LogP contribution in [0.1, 0.15) is 211 Å². The zero-order chi connectivity index (χ0) is 78.9. The van der Waals surface area contributed by atoms with E-state index in [1.54, 1.807) is 0 Å². The second-order valence-corrected chi connectivity index (χ2v) is 29.3. The Hall–Kier alpha value is -11.7. The van der Waals surface area contributed by atoms with Crippen LogP contribution in [0.4, 0.5) is 3.89 Å². The van der Waals surface area contributed by atoms with Gasteiger partial charge in [0.25, 0.3) is 17.7 Å². The van der Waals surface area contributed by atoms with Crippen molar-refractivity contribution in [3.8, 4) is 0 Å². The van der Waals surface area contributed by atoms with Crippen molar-refractivity contribution in [2.75, 3.05) is 25.9 Å². The number of carboxylic acids is 3. The average molecular weight is 1510 g/mol. The van der Waals surface area contributed by atoms with Crippen LogP contribution < -0.4 is 0 Å². The number of rotatable bonds is 18. The van der Waals surface area contributed by atoms with Crippen molar-refractivity contribution in [1.29, 1.82) is 0 Å². The number of fused-ring (bicyclic) bond motifs is 6. The molecule has 0 saturated heterocycles. The summed E-state index contributed by atoms with van der Waals surface area (Å²) < 4.78 is 15.7. The first-order valence-corrected chi connectivity index (χ1v) is 38.8. The SMILES string of the molecule is CCn1nnc2c(C)c(C(CC(=O)O)c3ccc4c(c3)CN(C(=O)c3ccccc3)CC4C)ccc21.CCn1nnc2c(C)c(C(CC(=O)O)c3ccc4c(c3)CN(C(=O)c3ccccc3)CC4C)ccc21.CCn1nnc2c(C)c(C(CC(=O)O)c3ccc4c(c3)CN(C(=O)c3ccccc3)CC4C)ccc21.CSF. The van der Waals surface area contributed by atoms with Crippen molar-refractivity contribution in [3.63, 3.8) is 0 Å². The van der Waals surface area contributed by atoms with Crippen LogP contribution >= 0.6 is 12.1 Å². The molecule has 6 heterocycles. The first-order chi connectivity index (χ1) is 53.5. The summed E-state index contributed by atoms with van der Waals surface area (Å²) in [5.74, 6) is -2.96. The van der Waals surface area contributed by atoms with E-state index in [1.165, 1.54) is 22.9 Å². The third kappa shape index (κ3) is 17.0. The predicted octanol–water partition coefficient (Wildman–Crippen LogP) is 16.6. The summed E-state index contributed by atoms with van der Waals surface area (Å²) in [6.07, 6.45) is 1.28. The molecule has 0 bridgehead atoms. The molecule has 3 N–H and O–H groups in total. The lowest BCUT2D eigenvalue weighted by molar-refractivity contribution is -0.138. The number of halogens is 1. The number of hydrogen-bond donors (Lipinski definition) is 3. The molecular weight excluding hydrogens is 1420 g/mol. The Morgan fingerprint density at radius 1 is 0.405 bits per heavy atom. The number of nitrogens with zero attached hydrogens (tertiary/aromatic N) is 12. The van der Waals surface area contributed by atoms with Gasteiger partial charge in [-0.3, -0.25) is 28.8 Å². The summed E-state index contributed by atoms with van der Waals surface area (Å²) in [4.78, 5) is 81.0. The molecule has 0 saturated carbocycles. The van der Waals surface area contributed by atoms with Gasteiger partial charge in [0.15, 0.2) is 0 Å². The topological polar surface area (TPSA) is 265 Å². The summed E-state index contributed by atoms with van der Waals surface area (Å²) in [6.45, 7) is 24.0. The number of carbonyl (C=O) groups excluding carboxylic acids is 3. The average Bonchev–Trinajstić information content (AvgIpc) is 1.75. The molecule has 0 aliphatic carbocycles. The standard InChI is InChI=1S/3C29H30N4O3.CH3FS/c3*1-4-33-26-13-12-24(19(3)28(26)30-31-33)25(15-27(34)35)21-10-11-23-18(2)16-32(17-22(23)14-21)29(36)20-8-6-5-7-9-20;1-3-2/h3*5-14,18,25H,4,15-17H2,1-3H3,(H,34,35);1H3. The van der Waals surface area contributed by atoms with Crippen molar-refractivity contribution in [3.05, 3.63) is 282 Å². The first kappa shape index (κ1) is 78.8. The number of aromatic nitrogens is 9. The maximum absolute atomic E-state index is 13.2. The van der Waals surface area contributed by atoms with Crippen LogP contribution in [0.15, 0.2) is 182 Å². The monoisotopic (exact) mass is 1510 g/mol. The van der Waals surface area contributed by atoms with Crippen LogP contribution in [-0.4, -0.2) is 137 Å². The number of amides is 3. The zero-order valence-corrected chi connectivity index (χ0v) is 65.0. The van der Waals surface area contributed by atoms with Gasteiger partial charge >= 0.3 is 17.9 Å². The fraction of sp³-hybridized carbons (Fsp3) is 0.318. The Bertz CT molecular complexity index is 4890. The molecule has 3 aliphatic rings. The second kappa shape index (κ2) is 34.9. The summed E-state index contributed by atoms with van der Waals surface area (Å²) in [5.41, 5.74) is 22.6. The molecule has 572 valence electrons. The van der Waals surface area contributed by atoms with Crippen molar-refractivity contribution in [2.24, 2.45) is 0 Å². The molecule has 0 spiro atoms. The number of carboxylic acid groups (broad SMARTS) is 3. The number of carbonyl (C=O) groups is 6. The Labute approximate surface area is 649 Å². The van der Waals surface area contributed by atoms with E-state index in [-0.39, 0.29) is 84.6 Å². The van der Waals surface area contributed by atoms with Crippen LogP contribution in [0, 0.1) is 20.8 Å². The molecule has 0 radical (unpaired) electrons. The van der Waals surface area contributed by atoms with Gasteiger partial charge < -0.3 is 30.0 Å². The highest BCUT2D eigenvalue weighted by Gasteiger charge is 2.34. The van der Waals surface area contributed by atoms with E-state index in [2.05, 4.69) is 88.1 Å². The molecule has 3 amide bonds. The summed E-state index contributed by atoms with van der Waals surface area (Å²) in [5, 5.41) is 55.2. The maximum atomic E-state index is 13.2. The molecule has 9 aromatic carbocycles. The van der Waals surface area contributed by atoms with Gasteiger partial charge in [0, 0.05) is 112 Å². The number of benzene rings is 9. The lowest BCUT2D eigenvalue weighted by Gasteiger charge is -2.34. The Kier molecular flexibility index (Phi) is 24.8. The Morgan fingerprint density at radius 2 is 0.658 bits per heavy atom. The van der Waals surface area contributed by atoms with Gasteiger partial charge in [-0.05, 0) is 197 Å². The Morgan fingerprint density at radius 3 is 0.892 bits per heavy atom. The highest BCUT2D eigenvalue weighted by atomic mass is 32.2. The van der Waals surface area contributed by atoms with Crippen molar-refractivity contribution in [1.82, 2.24) is 59.7 Å². The summed E-state index contributed by atoms with van der Waals surface area (Å²) in [6, 6.07) is 58.7. The lowest BCUT2D eigenvalue weighted by atomic mass is 9.82. The highest BCUT2D eigenvalue weighted by Crippen LogP contribution is 2.42. The number of aliphatic carboxylic acids is 3. The van der Waals surface area contributed by atoms with Crippen LogP contribution in [0.2, 0.25) is 0 Å². The molecule has 23 heteroatoms. The van der Waals surface area contributed by atoms with E-state index < -0.39 is 17.9 Å². The van der Waals surface area contributed by atoms with Crippen molar-refractivity contribution in [2.45, 2.75) is 156 Å². The minimum absolute atomic E-state index is 0.0147. The van der Waals surface area contributed by atoms with Crippen LogP contribution in [0.3, 0.4) is 0 Å². The molecule has 6 atom stereocenters. The molecular formula is C88H93FN12O9S. The molecule has 111 heavy (non-hydrogen) atoms. The van der Waals surface area contributed by atoms with Crippen molar-refractivity contribution < 1.29 is 48.0 Å². The first-order valence-electron chi connectivity index (χ1n) is 37.7. The maximum Gasteiger partial charge on any atom is 0.304 e. The Balaban J connectivity index is 0.000000152. The largest absolute Gasteiger partial charge is 0.481 e. The molecule has 12 aromatic rings. The van der Waals surface area contributed by atoms with Crippen LogP contribution in [0.5, 0.6) is 0 Å². The van der Waals surface area contributed by atoms with Gasteiger partial charge in [0.2, 0.25) is 0 Å². The van der Waals surface area contributed by atoms with Gasteiger partial charge in [0.05, 0.1) is 35.8 Å². The second-order valence-electron chi connectivity index (χ2n) is 29.0. The smallest absolute Gasteiger partial charge is 0.304 e. The van der Waals surface area contributed by atoms with Gasteiger partial charge in [-0.15, -0.1) is 15.3 Å². The third-order valence-corrected chi connectivity index (χ3v) is 21.9. The van der Waals surface area contributed by atoms with Gasteiger partial charge in [-0.25, -0.2) is 14.0 Å². The van der Waals surface area contributed by atoms with E-state index in [9.17, 15) is 48.0 Å². The fourth-order valence-electron chi connectivity index (χ4n) is 16.4. The molecule has 6 unspecified atom stereocenters. The lowest BCUT2D eigenvalue weighted by Crippen LogP contribution is -2.37. The minimum Gasteiger partial charge on any atom is -0.481 e. The molecule has 15 rings (SSSR count). The summed E-state index contributed by atoms with van der Waals surface area (Å²) in [7, 11) is 0.